The minimum Gasteiger partial charge on any atom is -0.367 e. The molecule has 1 aromatic heterocycles. The fourth-order valence-electron chi connectivity index (χ4n) is 2.05. The average Bonchev–Trinajstić information content (AvgIpc) is 2.37. The van der Waals surface area contributed by atoms with Gasteiger partial charge < -0.3 is 5.32 Å². The minimum atomic E-state index is 0.480. The van der Waals surface area contributed by atoms with Crippen molar-refractivity contribution in [3.63, 3.8) is 0 Å². The average molecular weight is 228 g/mol. The Kier molecular flexibility index (Phi) is 3.97. The molecule has 1 unspecified atom stereocenters. The first kappa shape index (κ1) is 11.9. The van der Waals surface area contributed by atoms with Gasteiger partial charge >= 0.3 is 0 Å². The van der Waals surface area contributed by atoms with E-state index in [1.165, 1.54) is 30.0 Å². The molecule has 0 fully saturated rings. The summed E-state index contributed by atoms with van der Waals surface area (Å²) < 4.78 is 0. The lowest BCUT2D eigenvalue weighted by atomic mass is 10.1. The lowest BCUT2D eigenvalue weighted by molar-refractivity contribution is 0.644. The van der Waals surface area contributed by atoms with Crippen LogP contribution in [-0.4, -0.2) is 11.0 Å². The van der Waals surface area contributed by atoms with Gasteiger partial charge in [-0.2, -0.15) is 0 Å². The van der Waals surface area contributed by atoms with Crippen LogP contribution in [0.25, 0.3) is 10.8 Å². The molecule has 2 rings (SSSR count). The summed E-state index contributed by atoms with van der Waals surface area (Å²) in [5.41, 5.74) is 0. The number of aromatic nitrogens is 1. The van der Waals surface area contributed by atoms with E-state index in [4.69, 9.17) is 0 Å². The molecule has 1 N–H and O–H groups in total. The summed E-state index contributed by atoms with van der Waals surface area (Å²) in [6.45, 7) is 4.45. The fourth-order valence-corrected chi connectivity index (χ4v) is 2.05. The van der Waals surface area contributed by atoms with Crippen LogP contribution in [0.1, 0.15) is 33.1 Å². The van der Waals surface area contributed by atoms with Crippen molar-refractivity contribution in [2.75, 3.05) is 5.32 Å². The van der Waals surface area contributed by atoms with E-state index in [0.29, 0.717) is 6.04 Å². The number of pyridine rings is 1. The molecule has 1 atom stereocenters. The van der Waals surface area contributed by atoms with Crippen LogP contribution in [-0.2, 0) is 0 Å². The lowest BCUT2D eigenvalue weighted by Crippen LogP contribution is -2.15. The van der Waals surface area contributed by atoms with Crippen molar-refractivity contribution in [3.05, 3.63) is 36.5 Å². The first-order valence-corrected chi connectivity index (χ1v) is 6.41. The minimum absolute atomic E-state index is 0.480. The van der Waals surface area contributed by atoms with Gasteiger partial charge in [-0.25, -0.2) is 4.98 Å². The van der Waals surface area contributed by atoms with Crippen molar-refractivity contribution < 1.29 is 0 Å². The van der Waals surface area contributed by atoms with Gasteiger partial charge in [0, 0.05) is 17.6 Å². The molecular formula is C15H20N2. The van der Waals surface area contributed by atoms with Crippen LogP contribution in [0, 0.1) is 0 Å². The van der Waals surface area contributed by atoms with Crippen LogP contribution in [0.3, 0.4) is 0 Å². The second-order valence-corrected chi connectivity index (χ2v) is 4.57. The van der Waals surface area contributed by atoms with E-state index in [0.717, 1.165) is 5.82 Å². The monoisotopic (exact) mass is 228 g/mol. The summed E-state index contributed by atoms with van der Waals surface area (Å²) in [5.74, 6) is 1.01. The molecule has 0 amide bonds. The maximum absolute atomic E-state index is 4.44. The Labute approximate surface area is 103 Å². The molecule has 0 saturated heterocycles. The van der Waals surface area contributed by atoms with Gasteiger partial charge in [0.15, 0.2) is 0 Å². The summed E-state index contributed by atoms with van der Waals surface area (Å²) >= 11 is 0. The predicted octanol–water partition coefficient (Wildman–Crippen LogP) is 4.23. The number of rotatable bonds is 5. The Morgan fingerprint density at radius 3 is 2.88 bits per heavy atom. The van der Waals surface area contributed by atoms with Crippen molar-refractivity contribution in [1.82, 2.24) is 4.98 Å². The molecular weight excluding hydrogens is 208 g/mol. The van der Waals surface area contributed by atoms with Crippen LogP contribution in [0.15, 0.2) is 36.5 Å². The molecule has 90 valence electrons. The topological polar surface area (TPSA) is 24.9 Å². The standard InChI is InChI=1S/C15H20N2/c1-3-4-7-12(2)17-15-14-9-6-5-8-13(14)10-11-16-15/h5-6,8-12H,3-4,7H2,1-2H3,(H,16,17). The Morgan fingerprint density at radius 2 is 2.06 bits per heavy atom. The van der Waals surface area contributed by atoms with E-state index in [1.54, 1.807) is 0 Å². The van der Waals surface area contributed by atoms with Gasteiger partial charge in [0.2, 0.25) is 0 Å². The molecule has 0 aliphatic heterocycles. The van der Waals surface area contributed by atoms with Crippen LogP contribution in [0.2, 0.25) is 0 Å². The van der Waals surface area contributed by atoms with Crippen LogP contribution in [0.4, 0.5) is 5.82 Å². The first-order chi connectivity index (χ1) is 8.31. The molecule has 2 heteroatoms. The second kappa shape index (κ2) is 5.67. The van der Waals surface area contributed by atoms with Gasteiger partial charge in [-0.05, 0) is 24.8 Å². The maximum Gasteiger partial charge on any atom is 0.134 e. The van der Waals surface area contributed by atoms with Crippen molar-refractivity contribution in [2.45, 2.75) is 39.2 Å². The van der Waals surface area contributed by atoms with E-state index in [1.807, 2.05) is 6.20 Å². The Balaban J connectivity index is 2.18. The summed E-state index contributed by atoms with van der Waals surface area (Å²) in [6, 6.07) is 10.9. The van der Waals surface area contributed by atoms with Gasteiger partial charge in [-0.1, -0.05) is 44.0 Å². The van der Waals surface area contributed by atoms with Crippen molar-refractivity contribution in [1.29, 1.82) is 0 Å². The van der Waals surface area contributed by atoms with Gasteiger partial charge in [0.1, 0.15) is 5.82 Å². The smallest absolute Gasteiger partial charge is 0.134 e. The molecule has 1 heterocycles. The SMILES string of the molecule is CCCCC(C)Nc1nccc2ccccc12. The van der Waals surface area contributed by atoms with E-state index < -0.39 is 0 Å². The molecule has 0 saturated carbocycles. The van der Waals surface area contributed by atoms with Gasteiger partial charge in [-0.3, -0.25) is 0 Å². The van der Waals surface area contributed by atoms with Crippen LogP contribution >= 0.6 is 0 Å². The van der Waals surface area contributed by atoms with E-state index in [2.05, 4.69) is 54.5 Å². The molecule has 0 spiro atoms. The molecule has 17 heavy (non-hydrogen) atoms. The van der Waals surface area contributed by atoms with Crippen LogP contribution < -0.4 is 5.32 Å². The maximum atomic E-state index is 4.44. The molecule has 1 aromatic carbocycles. The first-order valence-electron chi connectivity index (χ1n) is 6.41. The fraction of sp³-hybridized carbons (Fsp3) is 0.400. The molecule has 0 radical (unpaired) electrons. The normalized spacial score (nSPS) is 12.6. The van der Waals surface area contributed by atoms with Crippen molar-refractivity contribution in [2.24, 2.45) is 0 Å². The number of hydrogen-bond donors (Lipinski definition) is 1. The highest BCUT2D eigenvalue weighted by atomic mass is 15.0. The van der Waals surface area contributed by atoms with E-state index in [-0.39, 0.29) is 0 Å². The zero-order chi connectivity index (χ0) is 12.1. The van der Waals surface area contributed by atoms with Gasteiger partial charge in [0.05, 0.1) is 0 Å². The molecule has 0 aliphatic rings. The molecule has 0 aliphatic carbocycles. The zero-order valence-electron chi connectivity index (χ0n) is 10.6. The van der Waals surface area contributed by atoms with Gasteiger partial charge in [-0.15, -0.1) is 0 Å². The Morgan fingerprint density at radius 1 is 1.24 bits per heavy atom. The Bertz CT molecular complexity index is 474. The highest BCUT2D eigenvalue weighted by Gasteiger charge is 2.05. The largest absolute Gasteiger partial charge is 0.367 e. The summed E-state index contributed by atoms with van der Waals surface area (Å²) in [5, 5.41) is 5.96. The quantitative estimate of drug-likeness (QED) is 0.828. The van der Waals surface area contributed by atoms with Gasteiger partial charge in [0.25, 0.3) is 0 Å². The molecule has 2 nitrogen and oxygen atoms in total. The number of nitrogens with zero attached hydrogens (tertiary/aromatic N) is 1. The molecule has 0 bridgehead atoms. The highest BCUT2D eigenvalue weighted by molar-refractivity contribution is 5.91. The Hall–Kier alpha value is -1.57. The number of anilines is 1. The van der Waals surface area contributed by atoms with Crippen molar-refractivity contribution in [3.8, 4) is 0 Å². The predicted molar refractivity (Wildman–Crippen MR) is 74.4 cm³/mol. The number of nitrogens with one attached hydrogen (secondary N) is 1. The third-order valence-corrected chi connectivity index (χ3v) is 3.05. The third kappa shape index (κ3) is 2.96. The zero-order valence-corrected chi connectivity index (χ0v) is 10.6. The third-order valence-electron chi connectivity index (χ3n) is 3.05. The second-order valence-electron chi connectivity index (χ2n) is 4.57. The number of hydrogen-bond acceptors (Lipinski definition) is 2. The highest BCUT2D eigenvalue weighted by Crippen LogP contribution is 2.21. The van der Waals surface area contributed by atoms with Crippen molar-refractivity contribution >= 4 is 16.6 Å². The number of benzene rings is 1. The lowest BCUT2D eigenvalue weighted by Gasteiger charge is -2.15. The van der Waals surface area contributed by atoms with E-state index >= 15 is 0 Å². The summed E-state index contributed by atoms with van der Waals surface area (Å²) in [7, 11) is 0. The summed E-state index contributed by atoms with van der Waals surface area (Å²) in [4.78, 5) is 4.44. The molecule has 2 aromatic rings. The van der Waals surface area contributed by atoms with E-state index in [9.17, 15) is 0 Å². The number of unbranched alkanes of at least 4 members (excludes halogenated alkanes) is 1. The summed E-state index contributed by atoms with van der Waals surface area (Å²) in [6.07, 6.45) is 5.58. The number of fused-ring (bicyclic) bond motifs is 1. The van der Waals surface area contributed by atoms with Crippen LogP contribution in [0.5, 0.6) is 0 Å².